The Morgan fingerprint density at radius 1 is 1.12 bits per heavy atom. The Bertz CT molecular complexity index is 704. The van der Waals surface area contributed by atoms with Crippen LogP contribution in [0.25, 0.3) is 0 Å². The molecule has 0 radical (unpaired) electrons. The van der Waals surface area contributed by atoms with Crippen molar-refractivity contribution in [3.05, 3.63) is 65.7 Å². The zero-order chi connectivity index (χ0) is 16.9. The predicted octanol–water partition coefficient (Wildman–Crippen LogP) is 2.71. The van der Waals surface area contributed by atoms with Crippen molar-refractivity contribution in [3.63, 3.8) is 0 Å². The SMILES string of the molecule is O=C(O)CCC(NC(=O)C1Cc2ccccc2O1)c1ccccc1. The molecule has 0 saturated carbocycles. The summed E-state index contributed by atoms with van der Waals surface area (Å²) >= 11 is 0. The Kier molecular flexibility index (Phi) is 4.79. The molecule has 5 heteroatoms. The van der Waals surface area contributed by atoms with Gasteiger partial charge in [-0.05, 0) is 23.6 Å². The number of aliphatic carboxylic acids is 1. The molecule has 0 aliphatic carbocycles. The summed E-state index contributed by atoms with van der Waals surface area (Å²) in [6.45, 7) is 0. The summed E-state index contributed by atoms with van der Waals surface area (Å²) in [5.41, 5.74) is 1.90. The number of nitrogens with one attached hydrogen (secondary N) is 1. The van der Waals surface area contributed by atoms with Crippen molar-refractivity contribution in [3.8, 4) is 5.75 Å². The van der Waals surface area contributed by atoms with Gasteiger partial charge in [0.2, 0.25) is 0 Å². The number of carbonyl (C=O) groups excluding carboxylic acids is 1. The average Bonchev–Trinajstić information content (AvgIpc) is 3.03. The van der Waals surface area contributed by atoms with Gasteiger partial charge in [0.1, 0.15) is 5.75 Å². The van der Waals surface area contributed by atoms with Crippen molar-refractivity contribution in [1.29, 1.82) is 0 Å². The van der Waals surface area contributed by atoms with Crippen LogP contribution in [0.15, 0.2) is 54.6 Å². The quantitative estimate of drug-likeness (QED) is 0.856. The fourth-order valence-electron chi connectivity index (χ4n) is 2.87. The lowest BCUT2D eigenvalue weighted by atomic mass is 10.0. The van der Waals surface area contributed by atoms with Gasteiger partial charge in [-0.2, -0.15) is 0 Å². The number of para-hydroxylation sites is 1. The molecule has 24 heavy (non-hydrogen) atoms. The van der Waals surface area contributed by atoms with Gasteiger partial charge in [-0.15, -0.1) is 0 Å². The zero-order valence-electron chi connectivity index (χ0n) is 13.1. The lowest BCUT2D eigenvalue weighted by molar-refractivity contribution is -0.137. The van der Waals surface area contributed by atoms with Crippen molar-refractivity contribution in [1.82, 2.24) is 5.32 Å². The molecule has 1 aliphatic heterocycles. The Hall–Kier alpha value is -2.82. The number of hydrogen-bond donors (Lipinski definition) is 2. The first-order chi connectivity index (χ1) is 11.6. The first-order valence-corrected chi connectivity index (χ1v) is 7.95. The lowest BCUT2D eigenvalue weighted by Gasteiger charge is -2.20. The third-order valence-corrected chi connectivity index (χ3v) is 4.10. The van der Waals surface area contributed by atoms with Gasteiger partial charge in [0.15, 0.2) is 6.10 Å². The van der Waals surface area contributed by atoms with E-state index in [-0.39, 0.29) is 18.4 Å². The minimum absolute atomic E-state index is 0.00834. The van der Waals surface area contributed by atoms with E-state index in [1.165, 1.54) is 0 Å². The lowest BCUT2D eigenvalue weighted by Crippen LogP contribution is -2.39. The summed E-state index contributed by atoms with van der Waals surface area (Å²) in [7, 11) is 0. The number of ether oxygens (including phenoxy) is 1. The molecule has 2 unspecified atom stereocenters. The summed E-state index contributed by atoms with van der Waals surface area (Å²) in [5.74, 6) is -0.361. The third kappa shape index (κ3) is 3.74. The Morgan fingerprint density at radius 3 is 2.54 bits per heavy atom. The largest absolute Gasteiger partial charge is 0.481 e. The van der Waals surface area contributed by atoms with E-state index in [1.54, 1.807) is 0 Å². The topological polar surface area (TPSA) is 75.6 Å². The van der Waals surface area contributed by atoms with E-state index in [1.807, 2.05) is 54.6 Å². The standard InChI is InChI=1S/C19H19NO4/c21-18(22)11-10-15(13-6-2-1-3-7-13)20-19(23)17-12-14-8-4-5-9-16(14)24-17/h1-9,15,17H,10-12H2,(H,20,23)(H,21,22). The first-order valence-electron chi connectivity index (χ1n) is 7.95. The molecule has 1 amide bonds. The van der Waals surface area contributed by atoms with E-state index in [0.717, 1.165) is 16.9 Å². The van der Waals surface area contributed by atoms with Gasteiger partial charge >= 0.3 is 5.97 Å². The second kappa shape index (κ2) is 7.17. The van der Waals surface area contributed by atoms with E-state index in [2.05, 4.69) is 5.32 Å². The van der Waals surface area contributed by atoms with E-state index >= 15 is 0 Å². The number of amides is 1. The highest BCUT2D eigenvalue weighted by molar-refractivity contribution is 5.83. The van der Waals surface area contributed by atoms with Gasteiger partial charge in [-0.1, -0.05) is 48.5 Å². The van der Waals surface area contributed by atoms with Gasteiger partial charge < -0.3 is 15.2 Å². The smallest absolute Gasteiger partial charge is 0.303 e. The molecule has 5 nitrogen and oxygen atoms in total. The number of benzene rings is 2. The monoisotopic (exact) mass is 325 g/mol. The maximum atomic E-state index is 12.6. The highest BCUT2D eigenvalue weighted by atomic mass is 16.5. The van der Waals surface area contributed by atoms with Gasteiger partial charge in [0.05, 0.1) is 6.04 Å². The second-order valence-electron chi connectivity index (χ2n) is 5.82. The van der Waals surface area contributed by atoms with Crippen LogP contribution in [0.5, 0.6) is 5.75 Å². The molecule has 2 N–H and O–H groups in total. The third-order valence-electron chi connectivity index (χ3n) is 4.10. The number of hydrogen-bond acceptors (Lipinski definition) is 3. The summed E-state index contributed by atoms with van der Waals surface area (Å²) < 4.78 is 5.70. The Morgan fingerprint density at radius 2 is 1.83 bits per heavy atom. The van der Waals surface area contributed by atoms with Crippen molar-refractivity contribution in [2.45, 2.75) is 31.4 Å². The number of carbonyl (C=O) groups is 2. The number of carboxylic acid groups (broad SMARTS) is 1. The van der Waals surface area contributed by atoms with Crippen LogP contribution in [-0.2, 0) is 16.0 Å². The van der Waals surface area contributed by atoms with Crippen LogP contribution in [-0.4, -0.2) is 23.1 Å². The average molecular weight is 325 g/mol. The maximum absolute atomic E-state index is 12.6. The number of rotatable bonds is 6. The molecular formula is C19H19NO4. The van der Waals surface area contributed by atoms with Crippen molar-refractivity contribution in [2.24, 2.45) is 0 Å². The maximum Gasteiger partial charge on any atom is 0.303 e. The normalized spacial score (nSPS) is 16.8. The molecule has 124 valence electrons. The van der Waals surface area contributed by atoms with Crippen LogP contribution >= 0.6 is 0 Å². The molecular weight excluding hydrogens is 306 g/mol. The molecule has 1 aliphatic rings. The minimum Gasteiger partial charge on any atom is -0.481 e. The number of fused-ring (bicyclic) bond motifs is 1. The van der Waals surface area contributed by atoms with E-state index < -0.39 is 12.1 Å². The van der Waals surface area contributed by atoms with Crippen LogP contribution in [0.4, 0.5) is 0 Å². The zero-order valence-corrected chi connectivity index (χ0v) is 13.1. The molecule has 1 heterocycles. The molecule has 2 atom stereocenters. The molecule has 0 fully saturated rings. The van der Waals surface area contributed by atoms with E-state index in [9.17, 15) is 9.59 Å². The highest BCUT2D eigenvalue weighted by Gasteiger charge is 2.30. The van der Waals surface area contributed by atoms with Crippen LogP contribution in [0, 0.1) is 0 Å². The second-order valence-corrected chi connectivity index (χ2v) is 5.82. The van der Waals surface area contributed by atoms with Gasteiger partial charge in [0, 0.05) is 12.8 Å². The molecule has 0 saturated heterocycles. The molecule has 0 bridgehead atoms. The van der Waals surface area contributed by atoms with E-state index in [4.69, 9.17) is 9.84 Å². The van der Waals surface area contributed by atoms with Crippen LogP contribution in [0.3, 0.4) is 0 Å². The van der Waals surface area contributed by atoms with Crippen molar-refractivity contribution in [2.75, 3.05) is 0 Å². The molecule has 0 aromatic heterocycles. The minimum atomic E-state index is -0.880. The van der Waals surface area contributed by atoms with Crippen molar-refractivity contribution < 1.29 is 19.4 Å². The fourth-order valence-corrected chi connectivity index (χ4v) is 2.87. The predicted molar refractivity (Wildman–Crippen MR) is 88.8 cm³/mol. The van der Waals surface area contributed by atoms with Gasteiger partial charge in [-0.3, -0.25) is 9.59 Å². The van der Waals surface area contributed by atoms with Crippen LogP contribution in [0.1, 0.15) is 30.0 Å². The molecule has 0 spiro atoms. The number of carboxylic acids is 1. The van der Waals surface area contributed by atoms with Gasteiger partial charge in [0.25, 0.3) is 5.91 Å². The summed E-state index contributed by atoms with van der Waals surface area (Å²) in [6.07, 6.45) is 0.289. The van der Waals surface area contributed by atoms with Crippen LogP contribution in [0.2, 0.25) is 0 Å². The highest BCUT2D eigenvalue weighted by Crippen LogP contribution is 2.29. The molecule has 3 rings (SSSR count). The summed E-state index contributed by atoms with van der Waals surface area (Å²) in [4.78, 5) is 23.4. The Labute approximate surface area is 140 Å². The fraction of sp³-hybridized carbons (Fsp3) is 0.263. The van der Waals surface area contributed by atoms with Gasteiger partial charge in [-0.25, -0.2) is 0 Å². The Balaban J connectivity index is 1.68. The van der Waals surface area contributed by atoms with Crippen LogP contribution < -0.4 is 10.1 Å². The summed E-state index contributed by atoms with van der Waals surface area (Å²) in [5, 5.41) is 11.9. The molecule has 2 aromatic rings. The molecule has 2 aromatic carbocycles. The first kappa shape index (κ1) is 16.1. The van der Waals surface area contributed by atoms with E-state index in [0.29, 0.717) is 12.8 Å². The van der Waals surface area contributed by atoms with Crippen molar-refractivity contribution >= 4 is 11.9 Å². The summed E-state index contributed by atoms with van der Waals surface area (Å²) in [6, 6.07) is 16.6.